The number of aromatic nitrogens is 2. The average Bonchev–Trinajstić information content (AvgIpc) is 3.22. The number of rotatable bonds is 6. The van der Waals surface area contributed by atoms with Gasteiger partial charge in [0.05, 0.1) is 6.54 Å². The highest BCUT2D eigenvalue weighted by atomic mass is 19.1. The van der Waals surface area contributed by atoms with E-state index in [1.54, 1.807) is 6.07 Å². The zero-order chi connectivity index (χ0) is 20.1. The van der Waals surface area contributed by atoms with Gasteiger partial charge in [-0.05, 0) is 24.1 Å². The summed E-state index contributed by atoms with van der Waals surface area (Å²) in [6.45, 7) is 3.43. The number of aryl methyl sites for hydroxylation is 1. The summed E-state index contributed by atoms with van der Waals surface area (Å²) in [4.78, 5) is 21.0. The molecule has 0 atom stereocenters. The molecule has 1 aliphatic heterocycles. The van der Waals surface area contributed by atoms with Crippen molar-refractivity contribution in [1.29, 1.82) is 0 Å². The SMILES string of the molecule is O=C(CCc1cccc(F)c1)N1CCN(Cc2nc(-c3ccccc3)no2)CC1. The first kappa shape index (κ1) is 19.3. The molecule has 150 valence electrons. The summed E-state index contributed by atoms with van der Waals surface area (Å²) in [5.41, 5.74) is 1.78. The van der Waals surface area contributed by atoms with E-state index in [0.29, 0.717) is 44.2 Å². The maximum absolute atomic E-state index is 13.2. The lowest BCUT2D eigenvalue weighted by Gasteiger charge is -2.34. The number of hydrogen-bond donors (Lipinski definition) is 0. The predicted molar refractivity (Wildman–Crippen MR) is 106 cm³/mol. The van der Waals surface area contributed by atoms with Gasteiger partial charge in [-0.3, -0.25) is 9.69 Å². The highest BCUT2D eigenvalue weighted by Gasteiger charge is 2.22. The quantitative estimate of drug-likeness (QED) is 0.643. The molecule has 0 bridgehead atoms. The van der Waals surface area contributed by atoms with Crippen LogP contribution in [0.25, 0.3) is 11.4 Å². The van der Waals surface area contributed by atoms with Gasteiger partial charge in [-0.25, -0.2) is 4.39 Å². The lowest BCUT2D eigenvalue weighted by Crippen LogP contribution is -2.48. The molecule has 4 rings (SSSR count). The van der Waals surface area contributed by atoms with Crippen LogP contribution in [0.15, 0.2) is 59.1 Å². The smallest absolute Gasteiger partial charge is 0.241 e. The minimum Gasteiger partial charge on any atom is -0.340 e. The number of carbonyl (C=O) groups excluding carboxylic acids is 1. The van der Waals surface area contributed by atoms with Crippen LogP contribution in [0.1, 0.15) is 17.9 Å². The van der Waals surface area contributed by atoms with Crippen molar-refractivity contribution < 1.29 is 13.7 Å². The van der Waals surface area contributed by atoms with Crippen LogP contribution in [0.4, 0.5) is 4.39 Å². The third-order valence-corrected chi connectivity index (χ3v) is 5.10. The van der Waals surface area contributed by atoms with Gasteiger partial charge in [-0.15, -0.1) is 0 Å². The van der Waals surface area contributed by atoms with Gasteiger partial charge in [0.1, 0.15) is 5.82 Å². The van der Waals surface area contributed by atoms with Crippen molar-refractivity contribution in [3.63, 3.8) is 0 Å². The average molecular weight is 394 g/mol. The van der Waals surface area contributed by atoms with E-state index in [4.69, 9.17) is 4.52 Å². The summed E-state index contributed by atoms with van der Waals surface area (Å²) in [6, 6.07) is 16.1. The second-order valence-electron chi connectivity index (χ2n) is 7.16. The molecule has 1 amide bonds. The molecule has 1 aliphatic rings. The fourth-order valence-corrected chi connectivity index (χ4v) is 3.47. The molecule has 2 aromatic carbocycles. The van der Waals surface area contributed by atoms with Crippen molar-refractivity contribution in [3.8, 4) is 11.4 Å². The molecule has 29 heavy (non-hydrogen) atoms. The molecule has 6 nitrogen and oxygen atoms in total. The molecular formula is C22H23FN4O2. The third-order valence-electron chi connectivity index (χ3n) is 5.10. The van der Waals surface area contributed by atoms with Crippen molar-refractivity contribution in [2.24, 2.45) is 0 Å². The van der Waals surface area contributed by atoms with E-state index >= 15 is 0 Å². The molecule has 1 saturated heterocycles. The Morgan fingerprint density at radius 2 is 1.83 bits per heavy atom. The summed E-state index contributed by atoms with van der Waals surface area (Å²) < 4.78 is 18.6. The van der Waals surface area contributed by atoms with Crippen LogP contribution in [0, 0.1) is 5.82 Å². The van der Waals surface area contributed by atoms with Crippen LogP contribution in [0.5, 0.6) is 0 Å². The number of benzene rings is 2. The minimum absolute atomic E-state index is 0.109. The molecule has 0 N–H and O–H groups in total. The largest absolute Gasteiger partial charge is 0.340 e. The number of carbonyl (C=O) groups is 1. The highest BCUT2D eigenvalue weighted by Crippen LogP contribution is 2.16. The van der Waals surface area contributed by atoms with E-state index in [1.165, 1.54) is 12.1 Å². The summed E-state index contributed by atoms with van der Waals surface area (Å²) in [5, 5.41) is 4.05. The fraction of sp³-hybridized carbons (Fsp3) is 0.318. The lowest BCUT2D eigenvalue weighted by molar-refractivity contribution is -0.133. The van der Waals surface area contributed by atoms with Gasteiger partial charge in [0.2, 0.25) is 17.6 Å². The number of amides is 1. The van der Waals surface area contributed by atoms with Crippen LogP contribution in [-0.4, -0.2) is 52.0 Å². The van der Waals surface area contributed by atoms with E-state index < -0.39 is 0 Å². The fourth-order valence-electron chi connectivity index (χ4n) is 3.47. The van der Waals surface area contributed by atoms with E-state index in [2.05, 4.69) is 15.0 Å². The first-order chi connectivity index (χ1) is 14.2. The molecule has 0 unspecified atom stereocenters. The van der Waals surface area contributed by atoms with Crippen LogP contribution >= 0.6 is 0 Å². The van der Waals surface area contributed by atoms with Crippen LogP contribution in [-0.2, 0) is 17.8 Å². The summed E-state index contributed by atoms with van der Waals surface area (Å²) in [6.07, 6.45) is 0.953. The van der Waals surface area contributed by atoms with Crippen molar-refractivity contribution in [2.75, 3.05) is 26.2 Å². The summed E-state index contributed by atoms with van der Waals surface area (Å²) >= 11 is 0. The van der Waals surface area contributed by atoms with Gasteiger partial charge >= 0.3 is 0 Å². The molecular weight excluding hydrogens is 371 g/mol. The van der Waals surface area contributed by atoms with Crippen LogP contribution in [0.2, 0.25) is 0 Å². The van der Waals surface area contributed by atoms with Crippen LogP contribution < -0.4 is 0 Å². The topological polar surface area (TPSA) is 62.5 Å². The van der Waals surface area contributed by atoms with E-state index in [-0.39, 0.29) is 11.7 Å². The Morgan fingerprint density at radius 1 is 1.03 bits per heavy atom. The monoisotopic (exact) mass is 394 g/mol. The van der Waals surface area contributed by atoms with Gasteiger partial charge in [-0.2, -0.15) is 4.98 Å². The first-order valence-electron chi connectivity index (χ1n) is 9.80. The normalized spacial score (nSPS) is 14.9. The van der Waals surface area contributed by atoms with E-state index in [9.17, 15) is 9.18 Å². The predicted octanol–water partition coefficient (Wildman–Crippen LogP) is 3.15. The lowest BCUT2D eigenvalue weighted by atomic mass is 10.1. The molecule has 2 heterocycles. The van der Waals surface area contributed by atoms with Gasteiger partial charge < -0.3 is 9.42 Å². The number of hydrogen-bond acceptors (Lipinski definition) is 5. The Morgan fingerprint density at radius 3 is 2.59 bits per heavy atom. The Labute approximate surface area is 168 Å². The van der Waals surface area contributed by atoms with Gasteiger partial charge in [0, 0.05) is 38.2 Å². The van der Waals surface area contributed by atoms with Crippen molar-refractivity contribution in [2.45, 2.75) is 19.4 Å². The van der Waals surface area contributed by atoms with Gasteiger partial charge in [-0.1, -0.05) is 47.6 Å². The minimum atomic E-state index is -0.264. The molecule has 3 aromatic rings. The summed E-state index contributed by atoms with van der Waals surface area (Å²) in [7, 11) is 0. The molecule has 7 heteroatoms. The zero-order valence-corrected chi connectivity index (χ0v) is 16.1. The maximum atomic E-state index is 13.2. The molecule has 0 radical (unpaired) electrons. The second-order valence-corrected chi connectivity index (χ2v) is 7.16. The van der Waals surface area contributed by atoms with Crippen LogP contribution in [0.3, 0.4) is 0 Å². The van der Waals surface area contributed by atoms with Crippen molar-refractivity contribution >= 4 is 5.91 Å². The number of piperazine rings is 1. The molecule has 0 aliphatic carbocycles. The molecule has 0 spiro atoms. The van der Waals surface area contributed by atoms with Gasteiger partial charge in [0.15, 0.2) is 0 Å². The molecule has 1 fully saturated rings. The molecule has 1 aromatic heterocycles. The Balaban J connectivity index is 1.24. The Hall–Kier alpha value is -3.06. The highest BCUT2D eigenvalue weighted by molar-refractivity contribution is 5.76. The van der Waals surface area contributed by atoms with E-state index in [0.717, 1.165) is 24.2 Å². The third kappa shape index (κ3) is 5.06. The first-order valence-corrected chi connectivity index (χ1v) is 9.80. The van der Waals surface area contributed by atoms with Crippen molar-refractivity contribution in [3.05, 3.63) is 71.9 Å². The Kier molecular flexibility index (Phi) is 5.95. The maximum Gasteiger partial charge on any atom is 0.241 e. The standard InChI is InChI=1S/C22H23FN4O2/c23-19-8-4-5-17(15-19)9-10-21(28)27-13-11-26(12-14-27)16-20-24-22(25-29-20)18-6-2-1-3-7-18/h1-8,15H,9-14,16H2. The number of nitrogens with zero attached hydrogens (tertiary/aromatic N) is 4. The molecule has 0 saturated carbocycles. The van der Waals surface area contributed by atoms with E-state index in [1.807, 2.05) is 41.3 Å². The van der Waals surface area contributed by atoms with Gasteiger partial charge in [0.25, 0.3) is 0 Å². The second kappa shape index (κ2) is 8.96. The number of halogens is 1. The van der Waals surface area contributed by atoms with Crippen molar-refractivity contribution in [1.82, 2.24) is 19.9 Å². The summed E-state index contributed by atoms with van der Waals surface area (Å²) in [5.74, 6) is 1.01. The zero-order valence-electron chi connectivity index (χ0n) is 16.1. The Bertz CT molecular complexity index is 952.